The van der Waals surface area contributed by atoms with Crippen LogP contribution in [0.4, 0.5) is 0 Å². The molecule has 0 fully saturated rings. The van der Waals surface area contributed by atoms with E-state index >= 15 is 0 Å². The number of H-pyrrole nitrogens is 1. The van der Waals surface area contributed by atoms with Gasteiger partial charge >= 0.3 is 0 Å². The minimum Gasteiger partial charge on any atom is -0.508 e. The van der Waals surface area contributed by atoms with Crippen LogP contribution >= 0.6 is 0 Å². The van der Waals surface area contributed by atoms with Crippen molar-refractivity contribution < 1.29 is 5.11 Å². The van der Waals surface area contributed by atoms with Crippen LogP contribution in [0.25, 0.3) is 0 Å². The van der Waals surface area contributed by atoms with Crippen molar-refractivity contribution >= 4 is 0 Å². The SMILES string of the molecule is NCCCc1n[nH]c(Cc2ccc(O)cc2)n1. The highest BCUT2D eigenvalue weighted by Gasteiger charge is 2.03. The van der Waals surface area contributed by atoms with Crippen LogP contribution in [0.2, 0.25) is 0 Å². The van der Waals surface area contributed by atoms with E-state index in [1.54, 1.807) is 12.1 Å². The lowest BCUT2D eigenvalue weighted by molar-refractivity contribution is 0.475. The van der Waals surface area contributed by atoms with Gasteiger partial charge in [-0.15, -0.1) is 0 Å². The molecule has 2 rings (SSSR count). The van der Waals surface area contributed by atoms with Crippen molar-refractivity contribution in [3.05, 3.63) is 41.5 Å². The number of nitrogens with one attached hydrogen (secondary N) is 1. The standard InChI is InChI=1S/C12H16N4O/c13-7-1-2-11-14-12(16-15-11)8-9-3-5-10(17)6-4-9/h3-6,17H,1-2,7-8,13H2,(H,14,15,16). The summed E-state index contributed by atoms with van der Waals surface area (Å²) in [4.78, 5) is 4.38. The van der Waals surface area contributed by atoms with E-state index in [1.807, 2.05) is 12.1 Å². The van der Waals surface area contributed by atoms with E-state index < -0.39 is 0 Å². The summed E-state index contributed by atoms with van der Waals surface area (Å²) < 4.78 is 0. The Morgan fingerprint density at radius 1 is 1.24 bits per heavy atom. The van der Waals surface area contributed by atoms with Gasteiger partial charge in [-0.2, -0.15) is 5.10 Å². The third-order valence-electron chi connectivity index (χ3n) is 2.49. The van der Waals surface area contributed by atoms with Crippen molar-refractivity contribution in [2.75, 3.05) is 6.54 Å². The highest BCUT2D eigenvalue weighted by molar-refractivity contribution is 5.27. The number of nitrogens with zero attached hydrogens (tertiary/aromatic N) is 2. The summed E-state index contributed by atoms with van der Waals surface area (Å²) in [5.41, 5.74) is 6.52. The van der Waals surface area contributed by atoms with E-state index in [2.05, 4.69) is 15.2 Å². The van der Waals surface area contributed by atoms with Crippen molar-refractivity contribution in [2.45, 2.75) is 19.3 Å². The predicted octanol–water partition coefficient (Wildman–Crippen LogP) is 0.992. The molecule has 0 aliphatic carbocycles. The van der Waals surface area contributed by atoms with Gasteiger partial charge in [0.25, 0.3) is 0 Å². The Morgan fingerprint density at radius 2 is 2.00 bits per heavy atom. The van der Waals surface area contributed by atoms with Crippen molar-refractivity contribution in [1.29, 1.82) is 0 Å². The van der Waals surface area contributed by atoms with E-state index in [9.17, 15) is 5.11 Å². The molecule has 0 aliphatic heterocycles. The van der Waals surface area contributed by atoms with E-state index in [1.165, 1.54) is 0 Å². The first kappa shape index (κ1) is 11.6. The maximum absolute atomic E-state index is 9.18. The van der Waals surface area contributed by atoms with Gasteiger partial charge in [0.2, 0.25) is 0 Å². The Bertz CT molecular complexity index is 464. The second kappa shape index (κ2) is 5.45. The minimum atomic E-state index is 0.273. The maximum atomic E-state index is 9.18. The van der Waals surface area contributed by atoms with Crippen LogP contribution in [0, 0.1) is 0 Å². The Labute approximate surface area is 99.7 Å². The van der Waals surface area contributed by atoms with Crippen molar-refractivity contribution in [2.24, 2.45) is 5.73 Å². The van der Waals surface area contributed by atoms with Gasteiger partial charge < -0.3 is 10.8 Å². The monoisotopic (exact) mass is 232 g/mol. The molecule has 1 heterocycles. The summed E-state index contributed by atoms with van der Waals surface area (Å²) in [6.45, 7) is 0.655. The quantitative estimate of drug-likeness (QED) is 0.717. The van der Waals surface area contributed by atoms with Gasteiger partial charge in [-0.25, -0.2) is 4.98 Å². The molecule has 1 aromatic carbocycles. The third-order valence-corrected chi connectivity index (χ3v) is 2.49. The number of rotatable bonds is 5. The third kappa shape index (κ3) is 3.29. The molecular weight excluding hydrogens is 216 g/mol. The van der Waals surface area contributed by atoms with E-state index in [0.717, 1.165) is 30.1 Å². The zero-order valence-electron chi connectivity index (χ0n) is 9.56. The molecule has 0 bridgehead atoms. The normalized spacial score (nSPS) is 10.6. The first-order chi connectivity index (χ1) is 8.28. The van der Waals surface area contributed by atoms with Crippen molar-refractivity contribution in [3.63, 3.8) is 0 Å². The highest BCUT2D eigenvalue weighted by atomic mass is 16.3. The second-order valence-electron chi connectivity index (χ2n) is 3.93. The molecule has 90 valence electrons. The Balaban J connectivity index is 1.98. The molecule has 0 radical (unpaired) electrons. The molecule has 0 aliphatic rings. The molecule has 0 saturated carbocycles. The second-order valence-corrected chi connectivity index (χ2v) is 3.93. The molecule has 0 spiro atoms. The van der Waals surface area contributed by atoms with Gasteiger partial charge in [0.15, 0.2) is 5.82 Å². The minimum absolute atomic E-state index is 0.273. The van der Waals surface area contributed by atoms with Crippen LogP contribution in [-0.4, -0.2) is 26.8 Å². The molecule has 2 aromatic rings. The molecule has 5 nitrogen and oxygen atoms in total. The van der Waals surface area contributed by atoms with Gasteiger partial charge in [-0.1, -0.05) is 12.1 Å². The lowest BCUT2D eigenvalue weighted by Crippen LogP contribution is -2.01. The number of aryl methyl sites for hydroxylation is 1. The molecule has 0 unspecified atom stereocenters. The van der Waals surface area contributed by atoms with E-state index in [0.29, 0.717) is 13.0 Å². The van der Waals surface area contributed by atoms with Gasteiger partial charge in [0, 0.05) is 12.8 Å². The molecule has 5 heteroatoms. The van der Waals surface area contributed by atoms with E-state index in [4.69, 9.17) is 5.73 Å². The van der Waals surface area contributed by atoms with Gasteiger partial charge in [0.05, 0.1) is 0 Å². The summed E-state index contributed by atoms with van der Waals surface area (Å²) in [5, 5.41) is 16.2. The Hall–Kier alpha value is -1.88. The number of benzene rings is 1. The largest absolute Gasteiger partial charge is 0.508 e. The van der Waals surface area contributed by atoms with Crippen molar-refractivity contribution in [1.82, 2.24) is 15.2 Å². The summed E-state index contributed by atoms with van der Waals surface area (Å²) >= 11 is 0. The molecule has 1 aromatic heterocycles. The van der Waals surface area contributed by atoms with Crippen LogP contribution in [0.1, 0.15) is 23.6 Å². The number of hydrogen-bond acceptors (Lipinski definition) is 4. The topological polar surface area (TPSA) is 87.8 Å². The predicted molar refractivity (Wildman–Crippen MR) is 64.7 cm³/mol. The van der Waals surface area contributed by atoms with Crippen LogP contribution in [0.15, 0.2) is 24.3 Å². The van der Waals surface area contributed by atoms with Gasteiger partial charge in [-0.05, 0) is 30.7 Å². The number of aromatic amines is 1. The summed E-state index contributed by atoms with van der Waals surface area (Å²) in [7, 11) is 0. The molecule has 0 saturated heterocycles. The summed E-state index contributed by atoms with van der Waals surface area (Å²) in [6, 6.07) is 7.08. The highest BCUT2D eigenvalue weighted by Crippen LogP contribution is 2.12. The number of aromatic nitrogens is 3. The van der Waals surface area contributed by atoms with Crippen molar-refractivity contribution in [3.8, 4) is 5.75 Å². The Morgan fingerprint density at radius 3 is 2.71 bits per heavy atom. The van der Waals surface area contributed by atoms with Crippen LogP contribution in [0.5, 0.6) is 5.75 Å². The summed E-state index contributed by atoms with van der Waals surface area (Å²) in [6.07, 6.45) is 2.40. The fraction of sp³-hybridized carbons (Fsp3) is 0.333. The Kier molecular flexibility index (Phi) is 3.72. The fourth-order valence-electron chi connectivity index (χ4n) is 1.59. The summed E-state index contributed by atoms with van der Waals surface area (Å²) in [5.74, 6) is 1.92. The number of hydrogen-bond donors (Lipinski definition) is 3. The molecule has 4 N–H and O–H groups in total. The average molecular weight is 232 g/mol. The first-order valence-corrected chi connectivity index (χ1v) is 5.66. The number of aromatic hydroxyl groups is 1. The van der Waals surface area contributed by atoms with Gasteiger partial charge in [-0.3, -0.25) is 5.10 Å². The molecule has 17 heavy (non-hydrogen) atoms. The van der Waals surface area contributed by atoms with Crippen LogP contribution < -0.4 is 5.73 Å². The number of nitrogens with two attached hydrogens (primary N) is 1. The zero-order valence-corrected chi connectivity index (χ0v) is 9.56. The first-order valence-electron chi connectivity index (χ1n) is 5.66. The maximum Gasteiger partial charge on any atom is 0.150 e. The zero-order chi connectivity index (χ0) is 12.1. The average Bonchev–Trinajstić information content (AvgIpc) is 2.77. The van der Waals surface area contributed by atoms with E-state index in [-0.39, 0.29) is 5.75 Å². The lowest BCUT2D eigenvalue weighted by Gasteiger charge is -1.97. The smallest absolute Gasteiger partial charge is 0.150 e. The van der Waals surface area contributed by atoms with Crippen LogP contribution in [-0.2, 0) is 12.8 Å². The lowest BCUT2D eigenvalue weighted by atomic mass is 10.1. The number of phenols is 1. The van der Waals surface area contributed by atoms with Crippen LogP contribution in [0.3, 0.4) is 0 Å². The number of phenolic OH excluding ortho intramolecular Hbond substituents is 1. The molecule has 0 amide bonds. The molecule has 0 atom stereocenters. The van der Waals surface area contributed by atoms with Gasteiger partial charge in [0.1, 0.15) is 11.6 Å². The molecular formula is C12H16N4O. The fourth-order valence-corrected chi connectivity index (χ4v) is 1.59.